The zero-order valence-corrected chi connectivity index (χ0v) is 12.5. The van der Waals surface area contributed by atoms with Gasteiger partial charge in [0.1, 0.15) is 5.82 Å². The molecule has 0 bridgehead atoms. The van der Waals surface area contributed by atoms with Crippen LogP contribution in [0.1, 0.15) is 19.8 Å². The lowest BCUT2D eigenvalue weighted by molar-refractivity contribution is -0.121. The van der Waals surface area contributed by atoms with E-state index in [0.29, 0.717) is 23.0 Å². The number of carbonyl (C=O) groups is 1. The number of thioether (sulfide) groups is 1. The second-order valence-corrected chi connectivity index (χ2v) is 6.31. The minimum Gasteiger partial charge on any atom is -0.353 e. The van der Waals surface area contributed by atoms with E-state index in [1.54, 1.807) is 12.1 Å². The normalized spacial score (nSPS) is 22.5. The molecular weight excluding hydrogens is 275 g/mol. The Labute approximate surface area is 123 Å². The Morgan fingerprint density at radius 2 is 2.30 bits per heavy atom. The van der Waals surface area contributed by atoms with Crippen molar-refractivity contribution >= 4 is 17.7 Å². The molecule has 1 amide bonds. The van der Waals surface area contributed by atoms with Crippen LogP contribution in [0.2, 0.25) is 0 Å². The van der Waals surface area contributed by atoms with Crippen LogP contribution in [0.15, 0.2) is 29.2 Å². The molecule has 1 aliphatic rings. The first kappa shape index (κ1) is 15.3. The van der Waals surface area contributed by atoms with Gasteiger partial charge in [-0.15, -0.1) is 11.8 Å². The summed E-state index contributed by atoms with van der Waals surface area (Å²) in [5, 5.41) is 6.40. The smallest absolute Gasteiger partial charge is 0.221 e. The van der Waals surface area contributed by atoms with Gasteiger partial charge in [0.25, 0.3) is 0 Å². The van der Waals surface area contributed by atoms with Gasteiger partial charge in [-0.05, 0) is 37.6 Å². The third-order valence-electron chi connectivity index (χ3n) is 3.56. The van der Waals surface area contributed by atoms with Gasteiger partial charge in [-0.25, -0.2) is 4.39 Å². The molecular formula is C15H21FN2OS. The summed E-state index contributed by atoms with van der Waals surface area (Å²) in [6, 6.07) is 6.93. The van der Waals surface area contributed by atoms with E-state index in [2.05, 4.69) is 17.6 Å². The van der Waals surface area contributed by atoms with Gasteiger partial charge in [0.15, 0.2) is 0 Å². The second kappa shape index (κ2) is 7.64. The third-order valence-corrected chi connectivity index (χ3v) is 4.61. The lowest BCUT2D eigenvalue weighted by atomic mass is 9.95. The summed E-state index contributed by atoms with van der Waals surface area (Å²) < 4.78 is 13.4. The molecule has 0 aliphatic carbocycles. The Kier molecular flexibility index (Phi) is 5.86. The predicted molar refractivity (Wildman–Crippen MR) is 80.3 cm³/mol. The molecule has 20 heavy (non-hydrogen) atoms. The molecule has 0 saturated carbocycles. The van der Waals surface area contributed by atoms with Gasteiger partial charge in [-0.2, -0.15) is 0 Å². The van der Waals surface area contributed by atoms with Crippen molar-refractivity contribution in [3.05, 3.63) is 30.1 Å². The number of carbonyl (C=O) groups excluding carboxylic acids is 1. The van der Waals surface area contributed by atoms with Crippen molar-refractivity contribution in [3.8, 4) is 0 Å². The highest BCUT2D eigenvalue weighted by Gasteiger charge is 2.22. The molecule has 1 saturated heterocycles. The number of hydrogen-bond donors (Lipinski definition) is 2. The van der Waals surface area contributed by atoms with E-state index in [9.17, 15) is 9.18 Å². The van der Waals surface area contributed by atoms with E-state index >= 15 is 0 Å². The van der Waals surface area contributed by atoms with Crippen LogP contribution < -0.4 is 10.6 Å². The van der Waals surface area contributed by atoms with E-state index in [0.717, 1.165) is 19.5 Å². The Morgan fingerprint density at radius 1 is 1.50 bits per heavy atom. The SMILES string of the molecule is CC1CNCCC1NC(=O)CCSc1ccccc1F. The number of piperidine rings is 1. The van der Waals surface area contributed by atoms with Crippen molar-refractivity contribution in [1.82, 2.24) is 10.6 Å². The molecule has 2 unspecified atom stereocenters. The van der Waals surface area contributed by atoms with Crippen LogP contribution in [0, 0.1) is 11.7 Å². The van der Waals surface area contributed by atoms with Crippen molar-refractivity contribution in [2.24, 2.45) is 5.92 Å². The largest absolute Gasteiger partial charge is 0.353 e. The van der Waals surface area contributed by atoms with Crippen LogP contribution in [-0.2, 0) is 4.79 Å². The Balaban J connectivity index is 1.71. The maximum atomic E-state index is 13.4. The van der Waals surface area contributed by atoms with Gasteiger partial charge in [0, 0.05) is 23.1 Å². The van der Waals surface area contributed by atoms with Gasteiger partial charge in [0.2, 0.25) is 5.91 Å². The van der Waals surface area contributed by atoms with Gasteiger partial charge in [-0.3, -0.25) is 4.79 Å². The molecule has 1 heterocycles. The minimum absolute atomic E-state index is 0.0626. The van der Waals surface area contributed by atoms with Crippen LogP contribution in [0.4, 0.5) is 4.39 Å². The van der Waals surface area contributed by atoms with Crippen LogP contribution in [-0.4, -0.2) is 30.8 Å². The summed E-state index contributed by atoms with van der Waals surface area (Å²) in [4.78, 5) is 12.5. The quantitative estimate of drug-likeness (QED) is 0.820. The number of halogens is 1. The molecule has 2 rings (SSSR count). The summed E-state index contributed by atoms with van der Waals surface area (Å²) in [6.45, 7) is 4.05. The number of amides is 1. The first-order valence-corrected chi connectivity index (χ1v) is 8.03. The summed E-state index contributed by atoms with van der Waals surface area (Å²) in [5.41, 5.74) is 0. The molecule has 0 radical (unpaired) electrons. The number of benzene rings is 1. The van der Waals surface area contributed by atoms with Crippen LogP contribution in [0.3, 0.4) is 0 Å². The molecule has 2 atom stereocenters. The van der Waals surface area contributed by atoms with E-state index in [1.165, 1.54) is 17.8 Å². The molecule has 1 aromatic rings. The predicted octanol–water partition coefficient (Wildman–Crippen LogP) is 2.42. The lowest BCUT2D eigenvalue weighted by Crippen LogP contribution is -2.48. The average Bonchev–Trinajstić information content (AvgIpc) is 2.43. The monoisotopic (exact) mass is 296 g/mol. The molecule has 1 fully saturated rings. The lowest BCUT2D eigenvalue weighted by Gasteiger charge is -2.30. The first-order valence-electron chi connectivity index (χ1n) is 7.04. The maximum absolute atomic E-state index is 13.4. The maximum Gasteiger partial charge on any atom is 0.221 e. The van der Waals surface area contributed by atoms with Crippen LogP contribution >= 0.6 is 11.8 Å². The third kappa shape index (κ3) is 4.49. The fourth-order valence-corrected chi connectivity index (χ4v) is 3.21. The molecule has 5 heteroatoms. The Hall–Kier alpha value is -1.07. The fraction of sp³-hybridized carbons (Fsp3) is 0.533. The molecule has 3 nitrogen and oxygen atoms in total. The van der Waals surface area contributed by atoms with Gasteiger partial charge in [-0.1, -0.05) is 19.1 Å². The Bertz CT molecular complexity index is 455. The number of hydrogen-bond acceptors (Lipinski definition) is 3. The molecule has 0 aromatic heterocycles. The summed E-state index contributed by atoms with van der Waals surface area (Å²) in [6.07, 6.45) is 1.41. The highest BCUT2D eigenvalue weighted by atomic mass is 32.2. The number of nitrogens with one attached hydrogen (secondary N) is 2. The molecule has 110 valence electrons. The van der Waals surface area contributed by atoms with E-state index in [4.69, 9.17) is 0 Å². The average molecular weight is 296 g/mol. The van der Waals surface area contributed by atoms with Crippen molar-refractivity contribution in [2.45, 2.75) is 30.7 Å². The van der Waals surface area contributed by atoms with Gasteiger partial charge < -0.3 is 10.6 Å². The highest BCUT2D eigenvalue weighted by molar-refractivity contribution is 7.99. The minimum atomic E-state index is -0.218. The van der Waals surface area contributed by atoms with E-state index < -0.39 is 0 Å². The zero-order valence-electron chi connectivity index (χ0n) is 11.7. The van der Waals surface area contributed by atoms with Crippen molar-refractivity contribution in [1.29, 1.82) is 0 Å². The number of rotatable bonds is 5. The molecule has 1 aromatic carbocycles. The topological polar surface area (TPSA) is 41.1 Å². The second-order valence-electron chi connectivity index (χ2n) is 5.17. The van der Waals surface area contributed by atoms with Crippen molar-refractivity contribution in [2.75, 3.05) is 18.8 Å². The molecule has 1 aliphatic heterocycles. The van der Waals surface area contributed by atoms with E-state index in [1.807, 2.05) is 6.07 Å². The highest BCUT2D eigenvalue weighted by Crippen LogP contribution is 2.21. The van der Waals surface area contributed by atoms with Gasteiger partial charge >= 0.3 is 0 Å². The van der Waals surface area contributed by atoms with E-state index in [-0.39, 0.29) is 17.8 Å². The molecule has 2 N–H and O–H groups in total. The summed E-state index contributed by atoms with van der Waals surface area (Å²) in [7, 11) is 0. The summed E-state index contributed by atoms with van der Waals surface area (Å²) >= 11 is 1.39. The summed E-state index contributed by atoms with van der Waals surface area (Å²) in [5.74, 6) is 0.913. The van der Waals surface area contributed by atoms with Crippen LogP contribution in [0.25, 0.3) is 0 Å². The molecule has 0 spiro atoms. The van der Waals surface area contributed by atoms with Gasteiger partial charge in [0.05, 0.1) is 0 Å². The Morgan fingerprint density at radius 3 is 3.05 bits per heavy atom. The first-order chi connectivity index (χ1) is 9.66. The standard InChI is InChI=1S/C15H21FN2OS/c1-11-10-17-8-6-13(11)18-15(19)7-9-20-14-5-3-2-4-12(14)16/h2-5,11,13,17H,6-10H2,1H3,(H,18,19). The zero-order chi connectivity index (χ0) is 14.4. The van der Waals surface area contributed by atoms with Crippen molar-refractivity contribution < 1.29 is 9.18 Å². The van der Waals surface area contributed by atoms with Crippen molar-refractivity contribution in [3.63, 3.8) is 0 Å². The fourth-order valence-electron chi connectivity index (χ4n) is 2.32. The van der Waals surface area contributed by atoms with Crippen LogP contribution in [0.5, 0.6) is 0 Å².